The van der Waals surface area contributed by atoms with Crippen molar-refractivity contribution in [1.29, 1.82) is 0 Å². The van der Waals surface area contributed by atoms with Gasteiger partial charge in [-0.15, -0.1) is 0 Å². The Kier molecular flexibility index (Phi) is 3.37. The van der Waals surface area contributed by atoms with Gasteiger partial charge in [0.05, 0.1) is 0 Å². The fraction of sp³-hybridized carbons (Fsp3) is 1.00. The van der Waals surface area contributed by atoms with Crippen LogP contribution in [0.4, 0.5) is 0 Å². The molecule has 0 amide bonds. The van der Waals surface area contributed by atoms with Gasteiger partial charge in [0, 0.05) is 24.2 Å². The summed E-state index contributed by atoms with van der Waals surface area (Å²) >= 11 is 0. The van der Waals surface area contributed by atoms with Crippen LogP contribution >= 0.6 is 0 Å². The van der Waals surface area contributed by atoms with E-state index in [0.29, 0.717) is 5.94 Å². The van der Waals surface area contributed by atoms with Crippen LogP contribution in [0.15, 0.2) is 0 Å². The molecule has 6 heavy (non-hydrogen) atoms. The van der Waals surface area contributed by atoms with Crippen LogP contribution in [0.3, 0.4) is 0 Å². The van der Waals surface area contributed by atoms with Crippen molar-refractivity contribution in [1.82, 2.24) is 0 Å². The molecule has 0 aromatic carbocycles. The first kappa shape index (κ1) is 6.11. The van der Waals surface area contributed by atoms with E-state index in [2.05, 4.69) is 4.74 Å². The highest BCUT2D eigenvalue weighted by Crippen LogP contribution is 1.70. The minimum Gasteiger partial charge on any atom is -0.371 e. The van der Waals surface area contributed by atoms with Crippen LogP contribution in [0.5, 0.6) is 0 Å². The Bertz CT molecular complexity index is 52.8. The van der Waals surface area contributed by atoms with E-state index in [4.69, 9.17) is 0 Å². The standard InChI is InChI=1S/C3H8O2S/c1-5-3-6(2)4/h3H2,1-2H3/t6-/m1/s1. The van der Waals surface area contributed by atoms with Gasteiger partial charge in [-0.25, -0.2) is 0 Å². The van der Waals surface area contributed by atoms with Crippen LogP contribution in [0.2, 0.25) is 0 Å². The van der Waals surface area contributed by atoms with Gasteiger partial charge < -0.3 is 4.74 Å². The monoisotopic (exact) mass is 108 g/mol. The highest BCUT2D eigenvalue weighted by molar-refractivity contribution is 7.84. The second kappa shape index (κ2) is 3.31. The van der Waals surface area contributed by atoms with E-state index >= 15 is 0 Å². The molecule has 0 aromatic rings. The van der Waals surface area contributed by atoms with Crippen LogP contribution in [-0.4, -0.2) is 23.5 Å². The molecule has 2 nitrogen and oxygen atoms in total. The van der Waals surface area contributed by atoms with Crippen molar-refractivity contribution in [3.05, 3.63) is 0 Å². The average molecular weight is 108 g/mol. The molecule has 0 aliphatic rings. The molecule has 0 N–H and O–H groups in total. The molecule has 0 radical (unpaired) electrons. The number of ether oxygens (including phenoxy) is 1. The van der Waals surface area contributed by atoms with Crippen molar-refractivity contribution in [2.45, 2.75) is 0 Å². The molecule has 0 saturated heterocycles. The van der Waals surface area contributed by atoms with E-state index in [-0.39, 0.29) is 0 Å². The third kappa shape index (κ3) is 4.11. The molecule has 0 aliphatic carbocycles. The second-order valence-electron chi connectivity index (χ2n) is 0.980. The molecule has 0 aliphatic heterocycles. The van der Waals surface area contributed by atoms with Crippen molar-refractivity contribution in [2.75, 3.05) is 19.3 Å². The van der Waals surface area contributed by atoms with Crippen molar-refractivity contribution >= 4 is 10.8 Å². The van der Waals surface area contributed by atoms with Crippen LogP contribution in [0, 0.1) is 0 Å². The maximum Gasteiger partial charge on any atom is 0.121 e. The van der Waals surface area contributed by atoms with E-state index in [9.17, 15) is 4.21 Å². The Balaban J connectivity index is 2.83. The topological polar surface area (TPSA) is 26.3 Å². The van der Waals surface area contributed by atoms with Gasteiger partial charge in [0.2, 0.25) is 0 Å². The molecular weight excluding hydrogens is 100 g/mol. The summed E-state index contributed by atoms with van der Waals surface area (Å²) in [6.45, 7) is 0. The van der Waals surface area contributed by atoms with Gasteiger partial charge in [0.1, 0.15) is 5.94 Å². The summed E-state index contributed by atoms with van der Waals surface area (Å²) in [7, 11) is 0.741. The summed E-state index contributed by atoms with van der Waals surface area (Å²) in [5.74, 6) is 0.347. The molecule has 0 aromatic heterocycles. The number of hydrogen-bond acceptors (Lipinski definition) is 2. The van der Waals surface area contributed by atoms with Gasteiger partial charge in [0.15, 0.2) is 0 Å². The lowest BCUT2D eigenvalue weighted by molar-refractivity contribution is 0.255. The summed E-state index contributed by atoms with van der Waals surface area (Å²) in [6.07, 6.45) is 1.60. The summed E-state index contributed by atoms with van der Waals surface area (Å²) in [6, 6.07) is 0. The Morgan fingerprint density at radius 1 is 1.83 bits per heavy atom. The fourth-order valence-electron chi connectivity index (χ4n) is 0.166. The molecule has 0 unspecified atom stereocenters. The lowest BCUT2D eigenvalue weighted by Gasteiger charge is -1.86. The Morgan fingerprint density at radius 3 is 2.33 bits per heavy atom. The molecule has 38 valence electrons. The van der Waals surface area contributed by atoms with E-state index < -0.39 is 10.8 Å². The molecule has 0 spiro atoms. The lowest BCUT2D eigenvalue weighted by atomic mass is 11.5. The van der Waals surface area contributed by atoms with E-state index in [1.807, 2.05) is 0 Å². The predicted molar refractivity (Wildman–Crippen MR) is 25.9 cm³/mol. The van der Waals surface area contributed by atoms with Crippen molar-refractivity contribution < 1.29 is 8.95 Å². The minimum atomic E-state index is -0.788. The average Bonchev–Trinajstić information content (AvgIpc) is 1.35. The molecule has 0 fully saturated rings. The molecular formula is C3H8O2S. The quantitative estimate of drug-likeness (QED) is 0.496. The molecule has 0 rings (SSSR count). The summed E-state index contributed by atoms with van der Waals surface area (Å²) < 4.78 is 14.5. The van der Waals surface area contributed by atoms with Crippen LogP contribution in [-0.2, 0) is 15.5 Å². The van der Waals surface area contributed by atoms with Crippen LogP contribution in [0.1, 0.15) is 0 Å². The largest absolute Gasteiger partial charge is 0.371 e. The Hall–Kier alpha value is 0.110. The SMILES string of the molecule is COC[S@@](C)=O. The number of hydrogen-bond donors (Lipinski definition) is 0. The highest BCUT2D eigenvalue weighted by atomic mass is 32.2. The third-order valence-corrected chi connectivity index (χ3v) is 0.851. The zero-order chi connectivity index (χ0) is 4.99. The molecule has 0 heterocycles. The number of methoxy groups -OCH3 is 1. The normalized spacial score (nSPS) is 14.3. The van der Waals surface area contributed by atoms with Gasteiger partial charge in [-0.05, 0) is 0 Å². The van der Waals surface area contributed by atoms with E-state index in [0.717, 1.165) is 0 Å². The minimum absolute atomic E-state index is 0.347. The second-order valence-corrected chi connectivity index (χ2v) is 2.36. The van der Waals surface area contributed by atoms with Gasteiger partial charge in [-0.1, -0.05) is 0 Å². The van der Waals surface area contributed by atoms with Gasteiger partial charge in [-0.2, -0.15) is 0 Å². The molecule has 0 saturated carbocycles. The first-order valence-corrected chi connectivity index (χ1v) is 3.29. The number of rotatable bonds is 2. The van der Waals surface area contributed by atoms with Crippen LogP contribution in [0.25, 0.3) is 0 Å². The van der Waals surface area contributed by atoms with E-state index in [1.165, 1.54) is 7.11 Å². The Labute approximate surface area is 40.0 Å². The van der Waals surface area contributed by atoms with E-state index in [1.54, 1.807) is 6.26 Å². The van der Waals surface area contributed by atoms with Gasteiger partial charge in [0.25, 0.3) is 0 Å². The zero-order valence-electron chi connectivity index (χ0n) is 3.93. The maximum absolute atomic E-state index is 10.0. The Morgan fingerprint density at radius 2 is 2.33 bits per heavy atom. The highest BCUT2D eigenvalue weighted by Gasteiger charge is 1.80. The lowest BCUT2D eigenvalue weighted by Crippen LogP contribution is -1.93. The summed E-state index contributed by atoms with van der Waals surface area (Å²) in [4.78, 5) is 0. The zero-order valence-corrected chi connectivity index (χ0v) is 4.75. The van der Waals surface area contributed by atoms with Crippen molar-refractivity contribution in [3.8, 4) is 0 Å². The maximum atomic E-state index is 10.0. The first-order valence-electron chi connectivity index (χ1n) is 1.56. The smallest absolute Gasteiger partial charge is 0.121 e. The molecule has 1 atom stereocenters. The van der Waals surface area contributed by atoms with Crippen molar-refractivity contribution in [2.24, 2.45) is 0 Å². The predicted octanol–water partition coefficient (Wildman–Crippen LogP) is -0.0312. The fourth-order valence-corrected chi connectivity index (χ4v) is 0.498. The van der Waals surface area contributed by atoms with Crippen molar-refractivity contribution in [3.63, 3.8) is 0 Å². The third-order valence-electron chi connectivity index (χ3n) is 0.284. The van der Waals surface area contributed by atoms with Gasteiger partial charge >= 0.3 is 0 Å². The molecule has 3 heteroatoms. The summed E-state index contributed by atoms with van der Waals surface area (Å²) in [5.41, 5.74) is 0. The molecule has 0 bridgehead atoms. The first-order chi connectivity index (χ1) is 2.77. The summed E-state index contributed by atoms with van der Waals surface area (Å²) in [5, 5.41) is 0. The van der Waals surface area contributed by atoms with Crippen LogP contribution < -0.4 is 0 Å². The van der Waals surface area contributed by atoms with Gasteiger partial charge in [-0.3, -0.25) is 4.21 Å².